The summed E-state index contributed by atoms with van der Waals surface area (Å²) in [6.45, 7) is 8.43. The maximum atomic E-state index is 13.3. The molecule has 4 rings (SSSR count). The highest BCUT2D eigenvalue weighted by molar-refractivity contribution is 5.57. The van der Waals surface area contributed by atoms with Crippen LogP contribution in [0.4, 0.5) is 13.2 Å². The van der Waals surface area contributed by atoms with Crippen molar-refractivity contribution in [3.8, 4) is 0 Å². The summed E-state index contributed by atoms with van der Waals surface area (Å²) in [5, 5.41) is 19.9. The number of tetrazole rings is 1. The lowest BCUT2D eigenvalue weighted by atomic mass is 10.00. The second kappa shape index (κ2) is 9.16. The second-order valence-corrected chi connectivity index (χ2v) is 7.97. The summed E-state index contributed by atoms with van der Waals surface area (Å²) in [5.41, 5.74) is 1.03. The standard InChI is InChI=1S/C22H24F3N7O/c1-14(31-11-5-4-6-20(31)21-28-27-16(3)33-21)7-8-17-9-10-19(22(23,24)25)12-18(17)13-32-29-15(2)26-30-32/h7-10,12,20H,1,4-6,11,13H2,2-3H3/b8-7+/t20-/m0/s1. The van der Waals surface area contributed by atoms with E-state index < -0.39 is 11.7 Å². The Balaban J connectivity index is 1.59. The van der Waals surface area contributed by atoms with Crippen LogP contribution < -0.4 is 0 Å². The first-order valence-electron chi connectivity index (χ1n) is 10.6. The van der Waals surface area contributed by atoms with Crippen molar-refractivity contribution < 1.29 is 17.6 Å². The van der Waals surface area contributed by atoms with E-state index in [-0.39, 0.29) is 12.6 Å². The molecule has 0 unspecified atom stereocenters. The lowest BCUT2D eigenvalue weighted by Crippen LogP contribution is -2.32. The minimum Gasteiger partial charge on any atom is -0.423 e. The van der Waals surface area contributed by atoms with Crippen molar-refractivity contribution in [1.82, 2.24) is 35.3 Å². The van der Waals surface area contributed by atoms with Gasteiger partial charge < -0.3 is 9.32 Å². The topological polar surface area (TPSA) is 85.8 Å². The average molecular weight is 459 g/mol. The predicted octanol–water partition coefficient (Wildman–Crippen LogP) is 4.49. The highest BCUT2D eigenvalue weighted by Gasteiger charge is 2.31. The van der Waals surface area contributed by atoms with Crippen molar-refractivity contribution in [3.63, 3.8) is 0 Å². The fourth-order valence-electron chi connectivity index (χ4n) is 3.88. The third-order valence-electron chi connectivity index (χ3n) is 5.49. The van der Waals surface area contributed by atoms with Crippen LogP contribution in [0.1, 0.15) is 59.6 Å². The lowest BCUT2D eigenvalue weighted by Gasteiger charge is -2.35. The van der Waals surface area contributed by atoms with E-state index in [2.05, 4.69) is 37.1 Å². The molecule has 1 fully saturated rings. The largest absolute Gasteiger partial charge is 0.423 e. The lowest BCUT2D eigenvalue weighted by molar-refractivity contribution is -0.137. The average Bonchev–Trinajstić information content (AvgIpc) is 3.39. The molecule has 0 spiro atoms. The first-order chi connectivity index (χ1) is 15.7. The predicted molar refractivity (Wildman–Crippen MR) is 114 cm³/mol. The van der Waals surface area contributed by atoms with E-state index in [0.717, 1.165) is 43.6 Å². The molecule has 3 heterocycles. The smallest absolute Gasteiger partial charge is 0.416 e. The summed E-state index contributed by atoms with van der Waals surface area (Å²) in [7, 11) is 0. The Bertz CT molecular complexity index is 1160. The van der Waals surface area contributed by atoms with Gasteiger partial charge in [0, 0.05) is 19.2 Å². The molecule has 33 heavy (non-hydrogen) atoms. The third-order valence-corrected chi connectivity index (χ3v) is 5.49. The molecule has 0 saturated carbocycles. The third kappa shape index (κ3) is 5.29. The molecule has 0 aliphatic carbocycles. The normalized spacial score (nSPS) is 17.1. The van der Waals surface area contributed by atoms with E-state index in [1.54, 1.807) is 26.0 Å². The fraction of sp³-hybridized carbons (Fsp3) is 0.409. The molecule has 1 atom stereocenters. The molecule has 1 aromatic carbocycles. The highest BCUT2D eigenvalue weighted by Crippen LogP contribution is 2.34. The quantitative estimate of drug-likeness (QED) is 0.502. The molecule has 0 N–H and O–H groups in total. The van der Waals surface area contributed by atoms with Crippen LogP contribution in [0.15, 0.2) is 41.0 Å². The van der Waals surface area contributed by atoms with Crippen LogP contribution in [0.5, 0.6) is 0 Å². The van der Waals surface area contributed by atoms with Gasteiger partial charge >= 0.3 is 6.18 Å². The minimum atomic E-state index is -4.45. The van der Waals surface area contributed by atoms with Gasteiger partial charge in [-0.2, -0.15) is 18.0 Å². The van der Waals surface area contributed by atoms with Gasteiger partial charge in [-0.1, -0.05) is 18.7 Å². The van der Waals surface area contributed by atoms with Crippen molar-refractivity contribution in [1.29, 1.82) is 0 Å². The van der Waals surface area contributed by atoms with Crippen LogP contribution in [0, 0.1) is 13.8 Å². The van der Waals surface area contributed by atoms with Crippen LogP contribution in [-0.2, 0) is 12.7 Å². The number of aryl methyl sites for hydroxylation is 2. The maximum absolute atomic E-state index is 13.3. The monoisotopic (exact) mass is 459 g/mol. The van der Waals surface area contributed by atoms with E-state index in [9.17, 15) is 13.2 Å². The van der Waals surface area contributed by atoms with E-state index >= 15 is 0 Å². The maximum Gasteiger partial charge on any atom is 0.416 e. The van der Waals surface area contributed by atoms with Crippen molar-refractivity contribution in [2.45, 2.75) is 51.9 Å². The molecule has 11 heteroatoms. The van der Waals surface area contributed by atoms with Gasteiger partial charge in [0.25, 0.3) is 0 Å². The van der Waals surface area contributed by atoms with Crippen LogP contribution in [0.25, 0.3) is 6.08 Å². The van der Waals surface area contributed by atoms with Gasteiger partial charge in [-0.25, -0.2) is 0 Å². The van der Waals surface area contributed by atoms with Crippen molar-refractivity contribution in [2.75, 3.05) is 6.54 Å². The van der Waals surface area contributed by atoms with Crippen LogP contribution in [0.2, 0.25) is 0 Å². The molecule has 2 aromatic heterocycles. The molecule has 0 bridgehead atoms. The number of hydrogen-bond donors (Lipinski definition) is 0. The summed E-state index contributed by atoms with van der Waals surface area (Å²) in [6, 6.07) is 3.55. The Morgan fingerprint density at radius 3 is 2.70 bits per heavy atom. The first-order valence-corrected chi connectivity index (χ1v) is 10.6. The molecule has 174 valence electrons. The van der Waals surface area contributed by atoms with Crippen molar-refractivity contribution >= 4 is 6.08 Å². The Hall–Kier alpha value is -3.50. The van der Waals surface area contributed by atoms with Crippen LogP contribution in [-0.4, -0.2) is 41.8 Å². The second-order valence-electron chi connectivity index (χ2n) is 7.97. The Labute approximate surface area is 188 Å². The van der Waals surface area contributed by atoms with Crippen molar-refractivity contribution in [3.05, 3.63) is 70.8 Å². The summed E-state index contributed by atoms with van der Waals surface area (Å²) >= 11 is 0. The Morgan fingerprint density at radius 1 is 1.21 bits per heavy atom. The zero-order valence-corrected chi connectivity index (χ0v) is 18.4. The number of alkyl halides is 3. The van der Waals surface area contributed by atoms with E-state index in [4.69, 9.17) is 4.42 Å². The number of aromatic nitrogens is 6. The Morgan fingerprint density at radius 2 is 2.03 bits per heavy atom. The SMILES string of the molecule is C=C(/C=C/c1ccc(C(F)(F)F)cc1Cn1nnc(C)n1)N1CCCC[C@H]1c1nnc(C)o1. The number of likely N-dealkylation sites (tertiary alicyclic amines) is 1. The van der Waals surface area contributed by atoms with Crippen molar-refractivity contribution in [2.24, 2.45) is 0 Å². The zero-order valence-electron chi connectivity index (χ0n) is 18.4. The summed E-state index contributed by atoms with van der Waals surface area (Å²) in [6.07, 6.45) is 2.00. The molecule has 1 saturated heterocycles. The van der Waals surface area contributed by atoms with Gasteiger partial charge in [-0.3, -0.25) is 0 Å². The number of halogens is 3. The molecular weight excluding hydrogens is 435 g/mol. The fourth-order valence-corrected chi connectivity index (χ4v) is 3.88. The molecule has 0 amide bonds. The van der Waals surface area contributed by atoms with E-state index in [0.29, 0.717) is 28.7 Å². The van der Waals surface area contributed by atoms with Gasteiger partial charge in [0.15, 0.2) is 5.82 Å². The highest BCUT2D eigenvalue weighted by atomic mass is 19.4. The van der Waals surface area contributed by atoms with Gasteiger partial charge in [-0.05, 0) is 60.7 Å². The summed E-state index contributed by atoms with van der Waals surface area (Å²) in [4.78, 5) is 3.37. The molecule has 8 nitrogen and oxygen atoms in total. The molecular formula is C22H24F3N7O. The zero-order chi connectivity index (χ0) is 23.6. The molecule has 0 radical (unpaired) electrons. The number of hydrogen-bond acceptors (Lipinski definition) is 7. The summed E-state index contributed by atoms with van der Waals surface area (Å²) < 4.78 is 45.5. The van der Waals surface area contributed by atoms with Crippen LogP contribution in [0.3, 0.4) is 0 Å². The van der Waals surface area contributed by atoms with Gasteiger partial charge in [0.1, 0.15) is 6.04 Å². The van der Waals surface area contributed by atoms with Gasteiger partial charge in [0.05, 0.1) is 12.1 Å². The number of rotatable bonds is 6. The number of benzene rings is 1. The van der Waals surface area contributed by atoms with E-state index in [1.165, 1.54) is 10.9 Å². The van der Waals surface area contributed by atoms with Gasteiger partial charge in [-0.15, -0.1) is 20.4 Å². The number of piperidine rings is 1. The number of nitrogens with zero attached hydrogens (tertiary/aromatic N) is 7. The molecule has 3 aromatic rings. The molecule has 1 aliphatic heterocycles. The van der Waals surface area contributed by atoms with Crippen LogP contribution >= 0.6 is 0 Å². The first kappa shape index (κ1) is 22.7. The Kier molecular flexibility index (Phi) is 6.30. The van der Waals surface area contributed by atoms with Gasteiger partial charge in [0.2, 0.25) is 11.8 Å². The summed E-state index contributed by atoms with van der Waals surface area (Å²) in [5.74, 6) is 1.49. The minimum absolute atomic E-state index is 0.0600. The van der Waals surface area contributed by atoms with E-state index in [1.807, 2.05) is 0 Å². The number of allylic oxidation sites excluding steroid dienone is 1. The molecule has 1 aliphatic rings.